The molecule has 1 nitrogen and oxygen atoms in total. The molecule has 1 N–H and O–H groups in total. The molecule has 1 heteroatoms. The molecule has 4 rings (SSSR count). The van der Waals surface area contributed by atoms with E-state index in [1.807, 2.05) is 0 Å². The average Bonchev–Trinajstić information content (AvgIpc) is 3.03. The topological polar surface area (TPSA) is 12.0 Å². The molecule has 0 fully saturated rings. The first-order chi connectivity index (χ1) is 13.8. The van der Waals surface area contributed by atoms with Crippen LogP contribution in [0.25, 0.3) is 11.1 Å². The van der Waals surface area contributed by atoms with Gasteiger partial charge in [-0.3, -0.25) is 0 Å². The van der Waals surface area contributed by atoms with E-state index in [1.165, 1.54) is 27.8 Å². The Balaban J connectivity index is 1.58. The molecule has 0 bridgehead atoms. The van der Waals surface area contributed by atoms with Crippen LogP contribution in [-0.2, 0) is 11.8 Å². The minimum absolute atomic E-state index is 0.130. The first-order valence-electron chi connectivity index (χ1n) is 10.4. The van der Waals surface area contributed by atoms with E-state index in [0.29, 0.717) is 0 Å². The van der Waals surface area contributed by atoms with E-state index < -0.39 is 0 Å². The number of benzene rings is 3. The van der Waals surface area contributed by atoms with Crippen molar-refractivity contribution in [3.05, 3.63) is 108 Å². The Kier molecular flexibility index (Phi) is 5.34. The number of nitrogens with one attached hydrogen (secondary N) is 1. The molecule has 28 heavy (non-hydrogen) atoms. The number of hydrogen-bond donors (Lipinski definition) is 1. The minimum atomic E-state index is -0.130. The van der Waals surface area contributed by atoms with E-state index in [9.17, 15) is 0 Å². The summed E-state index contributed by atoms with van der Waals surface area (Å²) in [6, 6.07) is 28.4. The van der Waals surface area contributed by atoms with Crippen molar-refractivity contribution < 1.29 is 0 Å². The molecule has 0 saturated carbocycles. The van der Waals surface area contributed by atoms with E-state index >= 15 is 0 Å². The highest BCUT2D eigenvalue weighted by molar-refractivity contribution is 5.82. The van der Waals surface area contributed by atoms with Crippen molar-refractivity contribution in [1.82, 2.24) is 5.32 Å². The minimum Gasteiger partial charge on any atom is -0.388 e. The molecular formula is C27H29N. The molecule has 0 unspecified atom stereocenters. The normalized spacial score (nSPS) is 13.6. The SMILES string of the molecule is C=C(NCCCc1ccccc1)C1(CCC)c2ccccc2-c2ccccc21. The zero-order chi connectivity index (χ0) is 19.4. The molecule has 0 aromatic heterocycles. The van der Waals surface area contributed by atoms with E-state index in [4.69, 9.17) is 0 Å². The van der Waals surface area contributed by atoms with Gasteiger partial charge in [-0.25, -0.2) is 0 Å². The van der Waals surface area contributed by atoms with Gasteiger partial charge in [0.2, 0.25) is 0 Å². The number of hydrogen-bond acceptors (Lipinski definition) is 1. The number of fused-ring (bicyclic) bond motifs is 3. The average molecular weight is 368 g/mol. The largest absolute Gasteiger partial charge is 0.388 e. The van der Waals surface area contributed by atoms with Crippen LogP contribution in [0.3, 0.4) is 0 Å². The number of allylic oxidation sites excluding steroid dienone is 1. The maximum atomic E-state index is 4.56. The van der Waals surface area contributed by atoms with Crippen LogP contribution in [0.4, 0.5) is 0 Å². The molecular weight excluding hydrogens is 338 g/mol. The van der Waals surface area contributed by atoms with Crippen LogP contribution < -0.4 is 5.32 Å². The molecule has 0 spiro atoms. The fraction of sp³-hybridized carbons (Fsp3) is 0.259. The van der Waals surface area contributed by atoms with Crippen LogP contribution >= 0.6 is 0 Å². The van der Waals surface area contributed by atoms with Gasteiger partial charge in [-0.1, -0.05) is 98.8 Å². The maximum absolute atomic E-state index is 4.56. The third kappa shape index (κ3) is 3.16. The third-order valence-electron chi connectivity index (χ3n) is 6.03. The highest BCUT2D eigenvalue weighted by atomic mass is 14.9. The van der Waals surface area contributed by atoms with Crippen LogP contribution in [-0.4, -0.2) is 6.54 Å². The highest BCUT2D eigenvalue weighted by Gasteiger charge is 2.44. The number of aryl methyl sites for hydroxylation is 1. The summed E-state index contributed by atoms with van der Waals surface area (Å²) in [5.41, 5.74) is 7.93. The summed E-state index contributed by atoms with van der Waals surface area (Å²) in [7, 11) is 0. The molecule has 0 amide bonds. The van der Waals surface area contributed by atoms with Gasteiger partial charge in [-0.15, -0.1) is 0 Å². The van der Waals surface area contributed by atoms with Gasteiger partial charge in [0.1, 0.15) is 0 Å². The molecule has 0 radical (unpaired) electrons. The van der Waals surface area contributed by atoms with Crippen molar-refractivity contribution >= 4 is 0 Å². The van der Waals surface area contributed by atoms with Crippen LogP contribution in [0.1, 0.15) is 42.9 Å². The second kappa shape index (κ2) is 8.06. The van der Waals surface area contributed by atoms with E-state index in [2.05, 4.69) is 97.7 Å². The zero-order valence-electron chi connectivity index (χ0n) is 16.7. The molecule has 1 aliphatic rings. The summed E-state index contributed by atoms with van der Waals surface area (Å²) in [6.45, 7) is 7.78. The second-order valence-electron chi connectivity index (χ2n) is 7.74. The molecule has 0 saturated heterocycles. The lowest BCUT2D eigenvalue weighted by Crippen LogP contribution is -2.35. The second-order valence-corrected chi connectivity index (χ2v) is 7.74. The number of rotatable bonds is 8. The predicted molar refractivity (Wildman–Crippen MR) is 119 cm³/mol. The lowest BCUT2D eigenvalue weighted by molar-refractivity contribution is 0.508. The lowest BCUT2D eigenvalue weighted by atomic mass is 9.72. The first kappa shape index (κ1) is 18.6. The highest BCUT2D eigenvalue weighted by Crippen LogP contribution is 2.53. The molecule has 3 aromatic carbocycles. The fourth-order valence-corrected chi connectivity index (χ4v) is 4.77. The van der Waals surface area contributed by atoms with E-state index in [0.717, 1.165) is 37.9 Å². The summed E-state index contributed by atoms with van der Waals surface area (Å²) >= 11 is 0. The van der Waals surface area contributed by atoms with Crippen molar-refractivity contribution in [1.29, 1.82) is 0 Å². The van der Waals surface area contributed by atoms with E-state index in [1.54, 1.807) is 0 Å². The van der Waals surface area contributed by atoms with Gasteiger partial charge in [0, 0.05) is 12.2 Å². The molecule has 0 heterocycles. The van der Waals surface area contributed by atoms with Crippen molar-refractivity contribution in [2.24, 2.45) is 0 Å². The Morgan fingerprint density at radius 2 is 1.39 bits per heavy atom. The van der Waals surface area contributed by atoms with Crippen LogP contribution in [0.5, 0.6) is 0 Å². The quantitative estimate of drug-likeness (QED) is 0.449. The van der Waals surface area contributed by atoms with Gasteiger partial charge in [0.05, 0.1) is 5.41 Å². The van der Waals surface area contributed by atoms with Gasteiger partial charge in [-0.2, -0.15) is 0 Å². The molecule has 142 valence electrons. The Morgan fingerprint density at radius 1 is 0.821 bits per heavy atom. The Bertz CT molecular complexity index is 909. The summed E-state index contributed by atoms with van der Waals surface area (Å²) in [5, 5.41) is 3.71. The first-order valence-corrected chi connectivity index (χ1v) is 10.4. The fourth-order valence-electron chi connectivity index (χ4n) is 4.77. The van der Waals surface area contributed by atoms with Gasteiger partial charge >= 0.3 is 0 Å². The molecule has 0 atom stereocenters. The predicted octanol–water partition coefficient (Wildman–Crippen LogP) is 6.49. The Hall–Kier alpha value is -2.80. The lowest BCUT2D eigenvalue weighted by Gasteiger charge is -2.35. The van der Waals surface area contributed by atoms with Crippen molar-refractivity contribution in [3.8, 4) is 11.1 Å². The van der Waals surface area contributed by atoms with Gasteiger partial charge < -0.3 is 5.32 Å². The summed E-state index contributed by atoms with van der Waals surface area (Å²) < 4.78 is 0. The third-order valence-corrected chi connectivity index (χ3v) is 6.03. The monoisotopic (exact) mass is 367 g/mol. The smallest absolute Gasteiger partial charge is 0.0604 e. The Morgan fingerprint density at radius 3 is 2.00 bits per heavy atom. The molecule has 0 aliphatic heterocycles. The standard InChI is InChI=1S/C27H29N/c1-3-19-27(21(2)28-20-11-14-22-12-5-4-6-13-22)25-17-9-7-15-23(25)24-16-8-10-18-26(24)27/h4-10,12-13,15-18,28H,2-3,11,14,19-20H2,1H3. The van der Waals surface area contributed by atoms with E-state index in [-0.39, 0.29) is 5.41 Å². The molecule has 1 aliphatic carbocycles. The van der Waals surface area contributed by atoms with Crippen LogP contribution in [0, 0.1) is 0 Å². The summed E-state index contributed by atoms with van der Waals surface area (Å²) in [6.07, 6.45) is 4.39. The van der Waals surface area contributed by atoms with Crippen LogP contribution in [0.15, 0.2) is 91.1 Å². The summed E-state index contributed by atoms with van der Waals surface area (Å²) in [5.74, 6) is 0. The van der Waals surface area contributed by atoms with Gasteiger partial charge in [-0.05, 0) is 47.1 Å². The van der Waals surface area contributed by atoms with Crippen LogP contribution in [0.2, 0.25) is 0 Å². The van der Waals surface area contributed by atoms with Crippen molar-refractivity contribution in [3.63, 3.8) is 0 Å². The maximum Gasteiger partial charge on any atom is 0.0604 e. The zero-order valence-corrected chi connectivity index (χ0v) is 16.7. The van der Waals surface area contributed by atoms with Crippen molar-refractivity contribution in [2.45, 2.75) is 38.0 Å². The Labute approximate surface area is 169 Å². The van der Waals surface area contributed by atoms with Gasteiger partial charge in [0.15, 0.2) is 0 Å². The van der Waals surface area contributed by atoms with Gasteiger partial charge in [0.25, 0.3) is 0 Å². The molecule has 3 aromatic rings. The summed E-state index contributed by atoms with van der Waals surface area (Å²) in [4.78, 5) is 0. The van der Waals surface area contributed by atoms with Crippen molar-refractivity contribution in [2.75, 3.05) is 6.54 Å².